The van der Waals surface area contributed by atoms with Crippen molar-refractivity contribution in [1.29, 1.82) is 0 Å². The lowest BCUT2D eigenvalue weighted by Crippen LogP contribution is -2.29. The van der Waals surface area contributed by atoms with Crippen LogP contribution in [0.15, 0.2) is 6.33 Å². The molecular weight excluding hydrogens is 194 g/mol. The average molecular weight is 209 g/mol. The second-order valence-corrected chi connectivity index (χ2v) is 3.04. The number of amides is 1. The number of hydrogen-bond donors (Lipinski definition) is 3. The Morgan fingerprint density at radius 1 is 1.53 bits per heavy atom. The maximum absolute atomic E-state index is 11.2. The molecule has 0 aliphatic carbocycles. The molecule has 1 rings (SSSR count). The van der Waals surface area contributed by atoms with Crippen molar-refractivity contribution >= 4 is 17.5 Å². The van der Waals surface area contributed by atoms with Crippen molar-refractivity contribution in [3.8, 4) is 0 Å². The predicted molar refractivity (Wildman–Crippen MR) is 58.4 cm³/mol. The van der Waals surface area contributed by atoms with Crippen molar-refractivity contribution in [2.24, 2.45) is 0 Å². The zero-order valence-electron chi connectivity index (χ0n) is 8.87. The van der Waals surface area contributed by atoms with Gasteiger partial charge in [-0.05, 0) is 13.8 Å². The van der Waals surface area contributed by atoms with Crippen LogP contribution in [0.4, 0.5) is 11.6 Å². The number of hydrogen-bond acceptors (Lipinski definition) is 5. The molecule has 0 spiro atoms. The molecule has 0 atom stereocenters. The maximum atomic E-state index is 11.2. The highest BCUT2D eigenvalue weighted by atomic mass is 16.1. The van der Waals surface area contributed by atoms with E-state index < -0.39 is 0 Å². The number of nitrogens with one attached hydrogen (secondary N) is 2. The van der Waals surface area contributed by atoms with Crippen molar-refractivity contribution in [2.45, 2.75) is 13.8 Å². The first-order chi connectivity index (χ1) is 7.15. The molecule has 1 aromatic heterocycles. The van der Waals surface area contributed by atoms with Crippen LogP contribution in [0, 0.1) is 6.92 Å². The Morgan fingerprint density at radius 3 is 2.93 bits per heavy atom. The van der Waals surface area contributed by atoms with Gasteiger partial charge in [-0.3, -0.25) is 4.79 Å². The number of carbonyl (C=O) groups is 1. The molecule has 1 aromatic rings. The highest BCUT2D eigenvalue weighted by molar-refractivity contribution is 5.80. The van der Waals surface area contributed by atoms with E-state index in [1.165, 1.54) is 6.33 Å². The van der Waals surface area contributed by atoms with Gasteiger partial charge in [-0.2, -0.15) is 0 Å². The molecule has 15 heavy (non-hydrogen) atoms. The minimum Gasteiger partial charge on any atom is -0.383 e. The van der Waals surface area contributed by atoms with E-state index in [0.29, 0.717) is 18.2 Å². The summed E-state index contributed by atoms with van der Waals surface area (Å²) < 4.78 is 0. The van der Waals surface area contributed by atoms with Crippen molar-refractivity contribution in [3.05, 3.63) is 11.9 Å². The summed E-state index contributed by atoms with van der Waals surface area (Å²) in [6, 6.07) is 0. The van der Waals surface area contributed by atoms with Gasteiger partial charge >= 0.3 is 0 Å². The number of likely N-dealkylation sites (N-methyl/N-ethyl adjacent to an activating group) is 1. The quantitative estimate of drug-likeness (QED) is 0.644. The van der Waals surface area contributed by atoms with Crippen LogP contribution >= 0.6 is 0 Å². The van der Waals surface area contributed by atoms with Crippen LogP contribution in [0.3, 0.4) is 0 Å². The first-order valence-corrected chi connectivity index (χ1v) is 4.72. The van der Waals surface area contributed by atoms with Crippen molar-refractivity contribution in [2.75, 3.05) is 24.1 Å². The van der Waals surface area contributed by atoms with Crippen LogP contribution in [0.5, 0.6) is 0 Å². The van der Waals surface area contributed by atoms with Crippen LogP contribution in [0.25, 0.3) is 0 Å². The topological polar surface area (TPSA) is 92.9 Å². The van der Waals surface area contributed by atoms with E-state index in [1.54, 1.807) is 6.92 Å². The Bertz CT molecular complexity index is 352. The molecule has 82 valence electrons. The monoisotopic (exact) mass is 209 g/mol. The third-order valence-corrected chi connectivity index (χ3v) is 1.91. The number of rotatable bonds is 4. The number of nitrogens with zero attached hydrogens (tertiary/aromatic N) is 2. The Hall–Kier alpha value is -1.85. The van der Waals surface area contributed by atoms with Gasteiger partial charge in [-0.15, -0.1) is 0 Å². The number of carbonyl (C=O) groups excluding carboxylic acids is 1. The fourth-order valence-electron chi connectivity index (χ4n) is 1.07. The molecule has 0 radical (unpaired) electrons. The van der Waals surface area contributed by atoms with Gasteiger partial charge in [0.15, 0.2) is 0 Å². The van der Waals surface area contributed by atoms with Crippen molar-refractivity contribution < 1.29 is 4.79 Å². The van der Waals surface area contributed by atoms with Crippen LogP contribution in [0.1, 0.15) is 12.5 Å². The molecule has 4 N–H and O–H groups in total. The van der Waals surface area contributed by atoms with Gasteiger partial charge in [-0.1, -0.05) is 0 Å². The maximum Gasteiger partial charge on any atom is 0.239 e. The number of aromatic nitrogens is 2. The molecule has 0 aliphatic rings. The summed E-state index contributed by atoms with van der Waals surface area (Å²) in [5, 5.41) is 5.57. The van der Waals surface area contributed by atoms with E-state index >= 15 is 0 Å². The standard InChI is InChI=1S/C9H15N5O/c1-3-11-7(15)4-12-9-6(2)8(10)13-5-14-9/h5H,3-4H2,1-2H3,(H,11,15)(H3,10,12,13,14). The minimum atomic E-state index is -0.0749. The zero-order valence-corrected chi connectivity index (χ0v) is 8.87. The zero-order chi connectivity index (χ0) is 11.3. The van der Waals surface area contributed by atoms with E-state index in [-0.39, 0.29) is 12.5 Å². The SMILES string of the molecule is CCNC(=O)CNc1ncnc(N)c1C. The lowest BCUT2D eigenvalue weighted by atomic mass is 10.3. The Labute approximate surface area is 88.3 Å². The summed E-state index contributed by atoms with van der Waals surface area (Å²) in [7, 11) is 0. The molecule has 6 heteroatoms. The summed E-state index contributed by atoms with van der Waals surface area (Å²) in [4.78, 5) is 19.0. The number of nitrogen functional groups attached to an aromatic ring is 1. The normalized spacial score (nSPS) is 9.73. The third-order valence-electron chi connectivity index (χ3n) is 1.91. The summed E-state index contributed by atoms with van der Waals surface area (Å²) in [6.07, 6.45) is 1.36. The molecule has 0 saturated carbocycles. The summed E-state index contributed by atoms with van der Waals surface area (Å²) in [6.45, 7) is 4.47. The molecule has 0 fully saturated rings. The second kappa shape index (κ2) is 5.14. The highest BCUT2D eigenvalue weighted by Gasteiger charge is 2.05. The van der Waals surface area contributed by atoms with Gasteiger partial charge < -0.3 is 16.4 Å². The summed E-state index contributed by atoms with van der Waals surface area (Å²) in [5.74, 6) is 0.936. The van der Waals surface area contributed by atoms with Gasteiger partial charge in [0, 0.05) is 12.1 Å². The van der Waals surface area contributed by atoms with E-state index in [4.69, 9.17) is 5.73 Å². The molecule has 0 bridgehead atoms. The van der Waals surface area contributed by atoms with Crippen LogP contribution in [-0.4, -0.2) is 29.0 Å². The van der Waals surface area contributed by atoms with E-state index in [1.807, 2.05) is 6.92 Å². The van der Waals surface area contributed by atoms with E-state index in [0.717, 1.165) is 5.56 Å². The van der Waals surface area contributed by atoms with Crippen LogP contribution < -0.4 is 16.4 Å². The van der Waals surface area contributed by atoms with Crippen LogP contribution in [0.2, 0.25) is 0 Å². The molecule has 1 amide bonds. The third kappa shape index (κ3) is 3.08. The molecule has 1 heterocycles. The first-order valence-electron chi connectivity index (χ1n) is 4.72. The van der Waals surface area contributed by atoms with Crippen molar-refractivity contribution in [3.63, 3.8) is 0 Å². The second-order valence-electron chi connectivity index (χ2n) is 3.04. The molecule has 0 saturated heterocycles. The molecule has 6 nitrogen and oxygen atoms in total. The summed E-state index contributed by atoms with van der Waals surface area (Å²) in [5.41, 5.74) is 6.35. The Morgan fingerprint density at radius 2 is 2.27 bits per heavy atom. The fraction of sp³-hybridized carbons (Fsp3) is 0.444. The lowest BCUT2D eigenvalue weighted by molar-refractivity contribution is -0.119. The van der Waals surface area contributed by atoms with Gasteiger partial charge in [0.05, 0.1) is 6.54 Å². The average Bonchev–Trinajstić information content (AvgIpc) is 2.21. The summed E-state index contributed by atoms with van der Waals surface area (Å²) >= 11 is 0. The molecular formula is C9H15N5O. The van der Waals surface area contributed by atoms with E-state index in [9.17, 15) is 4.79 Å². The van der Waals surface area contributed by atoms with Crippen LogP contribution in [-0.2, 0) is 4.79 Å². The lowest BCUT2D eigenvalue weighted by Gasteiger charge is -2.08. The largest absolute Gasteiger partial charge is 0.383 e. The predicted octanol–water partition coefficient (Wildman–Crippen LogP) is -0.0848. The molecule has 0 unspecified atom stereocenters. The fourth-order valence-corrected chi connectivity index (χ4v) is 1.07. The smallest absolute Gasteiger partial charge is 0.239 e. The Balaban J connectivity index is 2.58. The van der Waals surface area contributed by atoms with Gasteiger partial charge in [0.1, 0.15) is 18.0 Å². The van der Waals surface area contributed by atoms with E-state index in [2.05, 4.69) is 20.6 Å². The highest BCUT2D eigenvalue weighted by Crippen LogP contribution is 2.13. The number of nitrogens with two attached hydrogens (primary N) is 1. The first kappa shape index (κ1) is 11.2. The van der Waals surface area contributed by atoms with Crippen molar-refractivity contribution in [1.82, 2.24) is 15.3 Å². The van der Waals surface area contributed by atoms with Gasteiger partial charge in [0.25, 0.3) is 0 Å². The van der Waals surface area contributed by atoms with Gasteiger partial charge in [0.2, 0.25) is 5.91 Å². The molecule has 0 aromatic carbocycles. The van der Waals surface area contributed by atoms with Gasteiger partial charge in [-0.25, -0.2) is 9.97 Å². The number of anilines is 2. The molecule has 0 aliphatic heterocycles. The minimum absolute atomic E-state index is 0.0749. The Kier molecular flexibility index (Phi) is 3.84.